The smallest absolute Gasteiger partial charge is 0.264 e. The van der Waals surface area contributed by atoms with Crippen molar-refractivity contribution >= 4 is 46.2 Å². The molecule has 15 nitrogen and oxygen atoms in total. The van der Waals surface area contributed by atoms with Crippen LogP contribution in [0.3, 0.4) is 0 Å². The fourth-order valence-electron chi connectivity index (χ4n) is 8.91. The van der Waals surface area contributed by atoms with Crippen LogP contribution in [0.1, 0.15) is 52.4 Å². The minimum Gasteiger partial charge on any atom is -0.457 e. The molecular formula is C41H40N10O5. The number of aromatic nitrogens is 4. The van der Waals surface area contributed by atoms with Gasteiger partial charge < -0.3 is 15.4 Å². The first-order valence-corrected chi connectivity index (χ1v) is 19.2. The molecule has 0 radical (unpaired) electrons. The van der Waals surface area contributed by atoms with Crippen LogP contribution in [0.4, 0.5) is 11.5 Å². The zero-order chi connectivity index (χ0) is 38.1. The molecule has 284 valence electrons. The van der Waals surface area contributed by atoms with Gasteiger partial charge in [-0.2, -0.15) is 5.10 Å². The number of hydrogen-bond donors (Lipinski definition) is 2. The van der Waals surface area contributed by atoms with Crippen LogP contribution in [-0.2, 0) is 9.59 Å². The Bertz CT molecular complexity index is 2380. The maximum atomic E-state index is 13.6. The van der Waals surface area contributed by atoms with Crippen LogP contribution in [0, 0.1) is 0 Å². The van der Waals surface area contributed by atoms with Gasteiger partial charge in [-0.3, -0.25) is 39.2 Å². The largest absolute Gasteiger partial charge is 0.457 e. The summed E-state index contributed by atoms with van der Waals surface area (Å²) in [5, 5.41) is 8.13. The fourth-order valence-corrected chi connectivity index (χ4v) is 8.91. The van der Waals surface area contributed by atoms with Crippen molar-refractivity contribution < 1.29 is 23.9 Å². The minimum atomic E-state index is -0.978. The molecule has 5 aromatic rings. The lowest BCUT2D eigenvalue weighted by molar-refractivity contribution is -0.136. The number of amides is 4. The number of fused-ring (bicyclic) bond motifs is 2. The number of carbonyl (C=O) groups excluding carboxylic acids is 4. The molecule has 7 heterocycles. The van der Waals surface area contributed by atoms with E-state index < -0.39 is 23.8 Å². The number of hydrogen-bond acceptors (Lipinski definition) is 12. The Hall–Kier alpha value is -6.19. The van der Waals surface area contributed by atoms with Crippen LogP contribution >= 0.6 is 0 Å². The summed E-state index contributed by atoms with van der Waals surface area (Å²) in [5.41, 5.74) is 10.2. The quantitative estimate of drug-likeness (QED) is 0.222. The third kappa shape index (κ3) is 5.76. The number of nitrogen functional groups attached to an aromatic ring is 1. The summed E-state index contributed by atoms with van der Waals surface area (Å²) in [6.45, 7) is 5.40. The summed E-state index contributed by atoms with van der Waals surface area (Å²) in [4.78, 5) is 68.4. The molecule has 0 spiro atoms. The highest BCUT2D eigenvalue weighted by atomic mass is 16.5. The SMILES string of the molecule is Nc1ncnc2c1c(-c1ccc(Oc3ccccc3)cc1)nn2C1CCN(C2CN(C3CN(c4cccc5c4C(=O)N(C4CCC(=O)NC4=O)C5=O)C3)C2)CC1. The van der Waals surface area contributed by atoms with Crippen LogP contribution in [0.25, 0.3) is 22.3 Å². The van der Waals surface area contributed by atoms with E-state index in [2.05, 4.69) is 30.0 Å². The summed E-state index contributed by atoms with van der Waals surface area (Å²) in [7, 11) is 0. The van der Waals surface area contributed by atoms with Gasteiger partial charge in [0.25, 0.3) is 11.8 Å². The Balaban J connectivity index is 0.755. The fraction of sp³-hybridized carbons (Fsp3) is 0.341. The Kier molecular flexibility index (Phi) is 8.29. The molecule has 4 amide bonds. The number of para-hydroxylation sites is 1. The van der Waals surface area contributed by atoms with E-state index in [9.17, 15) is 19.2 Å². The summed E-state index contributed by atoms with van der Waals surface area (Å²) in [6, 6.07) is 22.9. The number of carbonyl (C=O) groups is 4. The number of imide groups is 2. The molecule has 0 aliphatic carbocycles. The van der Waals surface area contributed by atoms with Crippen LogP contribution in [0.5, 0.6) is 11.5 Å². The molecule has 3 N–H and O–H groups in total. The topological polar surface area (TPSA) is 172 Å². The van der Waals surface area contributed by atoms with Gasteiger partial charge in [0.1, 0.15) is 35.4 Å². The normalized spacial score (nSPS) is 21.3. The zero-order valence-electron chi connectivity index (χ0n) is 30.6. The number of benzene rings is 3. The zero-order valence-corrected chi connectivity index (χ0v) is 30.6. The van der Waals surface area contributed by atoms with Gasteiger partial charge in [-0.15, -0.1) is 0 Å². The van der Waals surface area contributed by atoms with Crippen molar-refractivity contribution in [1.82, 2.24) is 39.8 Å². The summed E-state index contributed by atoms with van der Waals surface area (Å²) >= 11 is 0. The number of nitrogens with zero attached hydrogens (tertiary/aromatic N) is 8. The van der Waals surface area contributed by atoms with E-state index in [-0.39, 0.29) is 24.8 Å². The molecule has 3 aromatic carbocycles. The third-order valence-electron chi connectivity index (χ3n) is 12.0. The van der Waals surface area contributed by atoms with Crippen LogP contribution in [0.2, 0.25) is 0 Å². The number of anilines is 2. The highest BCUT2D eigenvalue weighted by Gasteiger charge is 2.48. The number of piperidine rings is 2. The summed E-state index contributed by atoms with van der Waals surface area (Å²) in [5.74, 6) is -0.0209. The molecule has 4 saturated heterocycles. The van der Waals surface area contributed by atoms with Crippen molar-refractivity contribution in [2.24, 2.45) is 0 Å². The van der Waals surface area contributed by atoms with Crippen LogP contribution < -0.4 is 20.7 Å². The number of nitrogens with two attached hydrogens (primary N) is 1. The molecular weight excluding hydrogens is 713 g/mol. The maximum absolute atomic E-state index is 13.6. The first kappa shape index (κ1) is 34.3. The Labute approximate surface area is 322 Å². The second-order valence-electron chi connectivity index (χ2n) is 15.3. The lowest BCUT2D eigenvalue weighted by Crippen LogP contribution is -2.70. The first-order chi connectivity index (χ1) is 27.3. The van der Waals surface area contributed by atoms with Gasteiger partial charge in [0.15, 0.2) is 5.65 Å². The van der Waals surface area contributed by atoms with Crippen molar-refractivity contribution in [2.75, 3.05) is 49.9 Å². The number of ether oxygens (including phenoxy) is 1. The monoisotopic (exact) mass is 752 g/mol. The van der Waals surface area contributed by atoms with Gasteiger partial charge in [0.2, 0.25) is 11.8 Å². The van der Waals surface area contributed by atoms with Gasteiger partial charge in [0.05, 0.1) is 28.2 Å². The Morgan fingerprint density at radius 3 is 2.21 bits per heavy atom. The number of likely N-dealkylation sites (tertiary alicyclic amines) is 2. The van der Waals surface area contributed by atoms with E-state index in [0.717, 1.165) is 96.5 Å². The van der Waals surface area contributed by atoms with E-state index in [1.54, 1.807) is 12.1 Å². The van der Waals surface area contributed by atoms with E-state index in [1.807, 2.05) is 65.3 Å². The minimum absolute atomic E-state index is 0.0925. The van der Waals surface area contributed by atoms with Gasteiger partial charge in [-0.05, 0) is 67.8 Å². The number of nitrogens with one attached hydrogen (secondary N) is 1. The number of rotatable bonds is 8. The molecule has 15 heteroatoms. The predicted octanol–water partition coefficient (Wildman–Crippen LogP) is 3.48. The van der Waals surface area contributed by atoms with E-state index >= 15 is 0 Å². The summed E-state index contributed by atoms with van der Waals surface area (Å²) in [6.07, 6.45) is 3.63. The average Bonchev–Trinajstić information content (AvgIpc) is 3.69. The molecule has 0 bridgehead atoms. The van der Waals surface area contributed by atoms with Gasteiger partial charge in [-0.25, -0.2) is 14.6 Å². The highest BCUT2D eigenvalue weighted by molar-refractivity contribution is 6.25. The van der Waals surface area contributed by atoms with E-state index in [4.69, 9.17) is 15.6 Å². The van der Waals surface area contributed by atoms with Crippen molar-refractivity contribution in [1.29, 1.82) is 0 Å². The second kappa shape index (κ2) is 13.5. The van der Waals surface area contributed by atoms with E-state index in [1.165, 1.54) is 6.33 Å². The van der Waals surface area contributed by atoms with Crippen LogP contribution in [0.15, 0.2) is 79.1 Å². The lowest BCUT2D eigenvalue weighted by Gasteiger charge is -2.55. The molecule has 1 atom stereocenters. The Morgan fingerprint density at radius 2 is 1.46 bits per heavy atom. The second-order valence-corrected chi connectivity index (χ2v) is 15.3. The molecule has 5 aliphatic rings. The molecule has 1 unspecified atom stereocenters. The lowest BCUT2D eigenvalue weighted by atomic mass is 9.94. The molecule has 5 aliphatic heterocycles. The highest BCUT2D eigenvalue weighted by Crippen LogP contribution is 2.39. The van der Waals surface area contributed by atoms with Gasteiger partial charge in [-0.1, -0.05) is 24.3 Å². The van der Waals surface area contributed by atoms with Crippen LogP contribution in [-0.4, -0.2) is 115 Å². The molecule has 10 rings (SSSR count). The van der Waals surface area contributed by atoms with Crippen molar-refractivity contribution in [3.05, 3.63) is 90.3 Å². The molecule has 56 heavy (non-hydrogen) atoms. The van der Waals surface area contributed by atoms with Gasteiger partial charge in [0, 0.05) is 63.3 Å². The first-order valence-electron chi connectivity index (χ1n) is 19.2. The predicted molar refractivity (Wildman–Crippen MR) is 206 cm³/mol. The summed E-state index contributed by atoms with van der Waals surface area (Å²) < 4.78 is 8.05. The molecule has 0 saturated carbocycles. The van der Waals surface area contributed by atoms with Gasteiger partial charge >= 0.3 is 0 Å². The standard InChI is InChI=1S/C41H40N10O5/c42-37-35-36(24-9-11-29(12-10-24)56-28-5-2-1-3-6-28)46-51(38(35)44-23-43-37)25-15-17-47(18-16-25)26-19-48(20-26)27-21-49(22-27)31-8-4-7-30-34(31)41(55)50(40(30)54)32-13-14-33(52)45-39(32)53/h1-12,23,25-27,32H,13-22H2,(H2,42,43,44)(H,45,52,53). The third-order valence-corrected chi connectivity index (χ3v) is 12.0. The Morgan fingerprint density at radius 1 is 0.732 bits per heavy atom. The average molecular weight is 753 g/mol. The maximum Gasteiger partial charge on any atom is 0.264 e. The van der Waals surface area contributed by atoms with Crippen molar-refractivity contribution in [3.63, 3.8) is 0 Å². The van der Waals surface area contributed by atoms with Crippen molar-refractivity contribution in [2.45, 2.75) is 49.9 Å². The molecule has 4 fully saturated rings. The van der Waals surface area contributed by atoms with Crippen molar-refractivity contribution in [3.8, 4) is 22.8 Å². The molecule has 2 aromatic heterocycles. The van der Waals surface area contributed by atoms with E-state index in [0.29, 0.717) is 29.0 Å².